The van der Waals surface area contributed by atoms with E-state index in [4.69, 9.17) is 14.7 Å². The lowest BCUT2D eigenvalue weighted by molar-refractivity contribution is -0.00874. The first-order valence-electron chi connectivity index (χ1n) is 6.06. The fourth-order valence-corrected chi connectivity index (χ4v) is 1.96. The van der Waals surface area contributed by atoms with Crippen LogP contribution in [0.5, 0.6) is 0 Å². The Morgan fingerprint density at radius 2 is 2.31 bits per heavy atom. The molecule has 4 nitrogen and oxygen atoms in total. The smallest absolute Gasteiger partial charge is 0.0702 e. The minimum atomic E-state index is 0.351. The molecule has 1 saturated heterocycles. The van der Waals surface area contributed by atoms with Crippen molar-refractivity contribution in [3.63, 3.8) is 0 Å². The monoisotopic (exact) mass is 226 g/mol. The van der Waals surface area contributed by atoms with E-state index in [1.165, 1.54) is 12.8 Å². The largest absolute Gasteiger partial charge is 0.383 e. The lowest BCUT2D eigenvalue weighted by Gasteiger charge is -2.29. The van der Waals surface area contributed by atoms with Crippen molar-refractivity contribution in [1.29, 1.82) is 5.26 Å². The van der Waals surface area contributed by atoms with Gasteiger partial charge in [-0.25, -0.2) is 0 Å². The van der Waals surface area contributed by atoms with Gasteiger partial charge in [0.2, 0.25) is 0 Å². The molecule has 1 heterocycles. The zero-order valence-corrected chi connectivity index (χ0v) is 10.2. The molecular weight excluding hydrogens is 204 g/mol. The van der Waals surface area contributed by atoms with Crippen LogP contribution in [-0.2, 0) is 9.47 Å². The predicted octanol–water partition coefficient (Wildman–Crippen LogP) is 1.42. The third kappa shape index (κ3) is 5.45. The van der Waals surface area contributed by atoms with Crippen LogP contribution in [0.2, 0.25) is 0 Å². The van der Waals surface area contributed by atoms with Gasteiger partial charge in [-0.1, -0.05) is 0 Å². The first-order chi connectivity index (χ1) is 7.86. The first kappa shape index (κ1) is 13.4. The molecule has 0 aromatic carbocycles. The molecule has 0 N–H and O–H groups in total. The van der Waals surface area contributed by atoms with Crippen molar-refractivity contribution in [3.05, 3.63) is 0 Å². The predicted molar refractivity (Wildman–Crippen MR) is 62.1 cm³/mol. The van der Waals surface area contributed by atoms with Gasteiger partial charge in [-0.15, -0.1) is 0 Å². The van der Waals surface area contributed by atoms with Crippen LogP contribution in [0.25, 0.3) is 0 Å². The zero-order chi connectivity index (χ0) is 11.6. The SMILES string of the molecule is COCCN(CCC#N)CC1CCCCO1. The van der Waals surface area contributed by atoms with Gasteiger partial charge in [-0.05, 0) is 19.3 Å². The number of hydrogen-bond acceptors (Lipinski definition) is 4. The van der Waals surface area contributed by atoms with E-state index in [1.807, 2.05) is 0 Å². The summed E-state index contributed by atoms with van der Waals surface area (Å²) < 4.78 is 10.8. The lowest BCUT2D eigenvalue weighted by atomic mass is 10.1. The van der Waals surface area contributed by atoms with E-state index in [0.717, 1.165) is 39.3 Å². The van der Waals surface area contributed by atoms with Crippen molar-refractivity contribution in [2.75, 3.05) is 40.0 Å². The molecular formula is C12H22N2O2. The van der Waals surface area contributed by atoms with Crippen molar-refractivity contribution >= 4 is 0 Å². The van der Waals surface area contributed by atoms with Crippen molar-refractivity contribution in [3.8, 4) is 6.07 Å². The minimum Gasteiger partial charge on any atom is -0.383 e. The summed E-state index contributed by atoms with van der Waals surface area (Å²) in [6.45, 7) is 4.25. The Hall–Kier alpha value is -0.630. The Morgan fingerprint density at radius 3 is 2.94 bits per heavy atom. The van der Waals surface area contributed by atoms with Gasteiger partial charge in [0, 0.05) is 39.8 Å². The Bertz CT molecular complexity index is 210. The lowest BCUT2D eigenvalue weighted by Crippen LogP contribution is -2.38. The van der Waals surface area contributed by atoms with Gasteiger partial charge in [-0.3, -0.25) is 4.90 Å². The third-order valence-electron chi connectivity index (χ3n) is 2.89. The van der Waals surface area contributed by atoms with Crippen molar-refractivity contribution in [2.24, 2.45) is 0 Å². The van der Waals surface area contributed by atoms with Gasteiger partial charge < -0.3 is 9.47 Å². The summed E-state index contributed by atoms with van der Waals surface area (Å²) in [5.74, 6) is 0. The van der Waals surface area contributed by atoms with Crippen LogP contribution >= 0.6 is 0 Å². The second-order valence-electron chi connectivity index (χ2n) is 4.19. The first-order valence-corrected chi connectivity index (χ1v) is 6.06. The summed E-state index contributed by atoms with van der Waals surface area (Å²) in [6.07, 6.45) is 4.53. The second-order valence-corrected chi connectivity index (χ2v) is 4.19. The molecule has 92 valence electrons. The van der Waals surface area contributed by atoms with E-state index < -0.39 is 0 Å². The van der Waals surface area contributed by atoms with E-state index >= 15 is 0 Å². The van der Waals surface area contributed by atoms with E-state index in [2.05, 4.69) is 11.0 Å². The molecule has 1 atom stereocenters. The van der Waals surface area contributed by atoms with Gasteiger partial charge in [0.05, 0.1) is 18.8 Å². The number of hydrogen-bond donors (Lipinski definition) is 0. The maximum absolute atomic E-state index is 8.61. The summed E-state index contributed by atoms with van der Waals surface area (Å²) in [5, 5.41) is 8.61. The molecule has 0 aromatic heterocycles. The molecule has 1 fully saturated rings. The van der Waals surface area contributed by atoms with Gasteiger partial charge in [0.1, 0.15) is 0 Å². The average Bonchev–Trinajstić information content (AvgIpc) is 2.34. The van der Waals surface area contributed by atoms with E-state index in [9.17, 15) is 0 Å². The molecule has 0 aromatic rings. The molecule has 0 amide bonds. The molecule has 0 saturated carbocycles. The standard InChI is InChI=1S/C12H22N2O2/c1-15-10-8-14(7-4-6-13)11-12-5-2-3-9-16-12/h12H,2-5,7-11H2,1H3. The molecule has 1 rings (SSSR count). The number of methoxy groups -OCH3 is 1. The highest BCUT2D eigenvalue weighted by Crippen LogP contribution is 2.13. The van der Waals surface area contributed by atoms with Gasteiger partial charge in [0.25, 0.3) is 0 Å². The molecule has 1 aliphatic rings. The molecule has 4 heteroatoms. The molecule has 1 aliphatic heterocycles. The Labute approximate surface area is 98.1 Å². The van der Waals surface area contributed by atoms with Crippen LogP contribution in [0.3, 0.4) is 0 Å². The van der Waals surface area contributed by atoms with Crippen LogP contribution in [0.4, 0.5) is 0 Å². The number of nitriles is 1. The molecule has 0 spiro atoms. The molecule has 0 aliphatic carbocycles. The minimum absolute atomic E-state index is 0.351. The molecule has 0 radical (unpaired) electrons. The van der Waals surface area contributed by atoms with Crippen LogP contribution in [0, 0.1) is 11.3 Å². The average molecular weight is 226 g/mol. The van der Waals surface area contributed by atoms with Gasteiger partial charge in [-0.2, -0.15) is 5.26 Å². The van der Waals surface area contributed by atoms with Crippen LogP contribution in [0.15, 0.2) is 0 Å². The molecule has 0 bridgehead atoms. The Balaban J connectivity index is 2.26. The van der Waals surface area contributed by atoms with Crippen LogP contribution in [-0.4, -0.2) is 51.0 Å². The number of ether oxygens (including phenoxy) is 2. The highest BCUT2D eigenvalue weighted by Gasteiger charge is 2.17. The van der Waals surface area contributed by atoms with Crippen molar-refractivity contribution in [2.45, 2.75) is 31.8 Å². The highest BCUT2D eigenvalue weighted by molar-refractivity contribution is 4.75. The van der Waals surface area contributed by atoms with Gasteiger partial charge >= 0.3 is 0 Å². The number of rotatable bonds is 7. The summed E-state index contributed by atoms with van der Waals surface area (Å²) in [5.41, 5.74) is 0. The highest BCUT2D eigenvalue weighted by atomic mass is 16.5. The third-order valence-corrected chi connectivity index (χ3v) is 2.89. The summed E-state index contributed by atoms with van der Waals surface area (Å²) in [6, 6.07) is 2.19. The van der Waals surface area contributed by atoms with E-state index in [-0.39, 0.29) is 0 Å². The van der Waals surface area contributed by atoms with Crippen LogP contribution < -0.4 is 0 Å². The molecule has 16 heavy (non-hydrogen) atoms. The molecule has 1 unspecified atom stereocenters. The van der Waals surface area contributed by atoms with Crippen LogP contribution in [0.1, 0.15) is 25.7 Å². The normalized spacial score (nSPS) is 20.9. The Kier molecular flexibility index (Phi) is 7.15. The summed E-state index contributed by atoms with van der Waals surface area (Å²) in [7, 11) is 1.71. The maximum Gasteiger partial charge on any atom is 0.0702 e. The topological polar surface area (TPSA) is 45.5 Å². The van der Waals surface area contributed by atoms with E-state index in [0.29, 0.717) is 12.5 Å². The summed E-state index contributed by atoms with van der Waals surface area (Å²) >= 11 is 0. The van der Waals surface area contributed by atoms with Gasteiger partial charge in [0.15, 0.2) is 0 Å². The zero-order valence-electron chi connectivity index (χ0n) is 10.2. The maximum atomic E-state index is 8.61. The van der Waals surface area contributed by atoms with Crippen molar-refractivity contribution < 1.29 is 9.47 Å². The van der Waals surface area contributed by atoms with Crippen molar-refractivity contribution in [1.82, 2.24) is 4.90 Å². The Morgan fingerprint density at radius 1 is 1.44 bits per heavy atom. The quantitative estimate of drug-likeness (QED) is 0.658. The number of nitrogens with zero attached hydrogens (tertiary/aromatic N) is 2. The summed E-state index contributed by atoms with van der Waals surface area (Å²) in [4.78, 5) is 2.27. The second kappa shape index (κ2) is 8.51. The fraction of sp³-hybridized carbons (Fsp3) is 0.917. The van der Waals surface area contributed by atoms with E-state index in [1.54, 1.807) is 7.11 Å². The fourth-order valence-electron chi connectivity index (χ4n) is 1.96.